The number of hydrogen-bond acceptors (Lipinski definition) is 6. The van der Waals surface area contributed by atoms with Crippen molar-refractivity contribution in [2.24, 2.45) is 0 Å². The number of halogens is 1. The van der Waals surface area contributed by atoms with Crippen LogP contribution >= 0.6 is 12.2 Å². The minimum atomic E-state index is -0.716. The van der Waals surface area contributed by atoms with Crippen LogP contribution in [0.25, 0.3) is 0 Å². The average Bonchev–Trinajstić information content (AvgIpc) is 3.15. The summed E-state index contributed by atoms with van der Waals surface area (Å²) in [5, 5.41) is 3.17. The summed E-state index contributed by atoms with van der Waals surface area (Å²) >= 11 is 5.79. The number of thiocarbonyl (C=S) groups is 1. The van der Waals surface area contributed by atoms with Crippen molar-refractivity contribution in [3.8, 4) is 5.75 Å². The standard InChI is InChI=1S/C28H36FN5O3S/c1-3-31-16-18-32(19-17-31)14-5-15-33-25(20-26(35)30-22-8-6-21(29)7-9-22)27(36)34(28(33)38)23-10-12-24(13-11-23)37-4-2/h6-13,25H,3-5,14-20H2,1-2H3,(H,30,35). The molecule has 0 radical (unpaired) electrons. The van der Waals surface area contributed by atoms with E-state index in [1.807, 2.05) is 36.1 Å². The zero-order valence-electron chi connectivity index (χ0n) is 22.1. The number of benzene rings is 2. The minimum Gasteiger partial charge on any atom is -0.494 e. The van der Waals surface area contributed by atoms with Crippen molar-refractivity contribution in [3.05, 3.63) is 54.3 Å². The number of carbonyl (C=O) groups is 2. The number of ether oxygens (including phenoxy) is 1. The van der Waals surface area contributed by atoms with E-state index in [2.05, 4.69) is 22.0 Å². The van der Waals surface area contributed by atoms with E-state index in [1.54, 1.807) is 0 Å². The number of carbonyl (C=O) groups excluding carboxylic acids is 2. The molecule has 2 heterocycles. The molecule has 0 bridgehead atoms. The molecule has 1 atom stereocenters. The molecule has 0 saturated carbocycles. The molecule has 2 aliphatic heterocycles. The Balaban J connectivity index is 1.45. The minimum absolute atomic E-state index is 0.0565. The van der Waals surface area contributed by atoms with Gasteiger partial charge in [-0.2, -0.15) is 0 Å². The number of likely N-dealkylation sites (N-methyl/N-ethyl adjacent to an activating group) is 1. The van der Waals surface area contributed by atoms with Crippen molar-refractivity contribution in [2.75, 3.05) is 62.6 Å². The van der Waals surface area contributed by atoms with Crippen LogP contribution < -0.4 is 15.0 Å². The molecule has 204 valence electrons. The third-order valence-corrected chi connectivity index (χ3v) is 7.43. The summed E-state index contributed by atoms with van der Waals surface area (Å²) < 4.78 is 18.8. The molecule has 1 unspecified atom stereocenters. The third kappa shape index (κ3) is 6.86. The van der Waals surface area contributed by atoms with E-state index in [-0.39, 0.29) is 24.1 Å². The maximum atomic E-state index is 13.6. The van der Waals surface area contributed by atoms with Gasteiger partial charge in [0.25, 0.3) is 5.91 Å². The second-order valence-electron chi connectivity index (χ2n) is 9.48. The molecule has 0 aromatic heterocycles. The van der Waals surface area contributed by atoms with Crippen LogP contribution in [0.4, 0.5) is 15.8 Å². The van der Waals surface area contributed by atoms with Gasteiger partial charge in [0.05, 0.1) is 18.7 Å². The maximum Gasteiger partial charge on any atom is 0.256 e. The molecule has 0 spiro atoms. The Morgan fingerprint density at radius 1 is 1.00 bits per heavy atom. The first kappa shape index (κ1) is 27.9. The van der Waals surface area contributed by atoms with Gasteiger partial charge >= 0.3 is 0 Å². The lowest BCUT2D eigenvalue weighted by molar-refractivity contribution is -0.124. The third-order valence-electron chi connectivity index (χ3n) is 7.02. The van der Waals surface area contributed by atoms with E-state index in [9.17, 15) is 14.0 Å². The van der Waals surface area contributed by atoms with Gasteiger partial charge in [-0.25, -0.2) is 4.39 Å². The Hall–Kier alpha value is -3.08. The highest BCUT2D eigenvalue weighted by molar-refractivity contribution is 7.80. The number of amides is 2. The van der Waals surface area contributed by atoms with E-state index in [0.717, 1.165) is 45.7 Å². The highest BCUT2D eigenvalue weighted by atomic mass is 32.1. The van der Waals surface area contributed by atoms with Crippen LogP contribution in [-0.2, 0) is 9.59 Å². The fourth-order valence-corrected chi connectivity index (χ4v) is 5.31. The van der Waals surface area contributed by atoms with Crippen molar-refractivity contribution in [2.45, 2.75) is 32.7 Å². The first-order valence-electron chi connectivity index (χ1n) is 13.3. The van der Waals surface area contributed by atoms with Gasteiger partial charge in [0.2, 0.25) is 5.91 Å². The first-order valence-corrected chi connectivity index (χ1v) is 13.7. The first-order chi connectivity index (χ1) is 18.4. The molecule has 0 aliphatic carbocycles. The zero-order valence-corrected chi connectivity index (χ0v) is 22.9. The lowest BCUT2D eigenvalue weighted by Gasteiger charge is -2.34. The summed E-state index contributed by atoms with van der Waals surface area (Å²) in [6, 6.07) is 12.1. The average molecular weight is 542 g/mol. The van der Waals surface area contributed by atoms with Crippen molar-refractivity contribution >= 4 is 40.5 Å². The molecule has 2 aliphatic rings. The fourth-order valence-electron chi connectivity index (χ4n) is 4.90. The molecule has 2 saturated heterocycles. The number of nitrogens with one attached hydrogen (secondary N) is 1. The molecule has 4 rings (SSSR count). The number of rotatable bonds is 11. The number of anilines is 2. The van der Waals surface area contributed by atoms with Crippen molar-refractivity contribution in [3.63, 3.8) is 0 Å². The smallest absolute Gasteiger partial charge is 0.256 e. The van der Waals surface area contributed by atoms with Crippen molar-refractivity contribution < 1.29 is 18.7 Å². The van der Waals surface area contributed by atoms with E-state index < -0.39 is 6.04 Å². The molecule has 38 heavy (non-hydrogen) atoms. The van der Waals surface area contributed by atoms with Crippen molar-refractivity contribution in [1.82, 2.24) is 14.7 Å². The van der Waals surface area contributed by atoms with Crippen LogP contribution in [0.15, 0.2) is 48.5 Å². The quantitative estimate of drug-likeness (QED) is 0.436. The topological polar surface area (TPSA) is 68.4 Å². The highest BCUT2D eigenvalue weighted by Crippen LogP contribution is 2.29. The van der Waals surface area contributed by atoms with E-state index in [0.29, 0.717) is 35.4 Å². The predicted octanol–water partition coefficient (Wildman–Crippen LogP) is 3.58. The molecule has 8 nitrogen and oxygen atoms in total. The van der Waals surface area contributed by atoms with Gasteiger partial charge in [-0.1, -0.05) is 6.92 Å². The maximum absolute atomic E-state index is 13.6. The van der Waals surface area contributed by atoms with Crippen LogP contribution in [0.5, 0.6) is 5.75 Å². The Kier molecular flexibility index (Phi) is 9.65. The largest absolute Gasteiger partial charge is 0.494 e. The second-order valence-corrected chi connectivity index (χ2v) is 9.85. The SMILES string of the molecule is CCOc1ccc(N2C(=O)C(CC(=O)Nc3ccc(F)cc3)N(CCCN3CCN(CC)CC3)C2=S)cc1. The summed E-state index contributed by atoms with van der Waals surface area (Å²) in [7, 11) is 0. The molecule has 1 N–H and O–H groups in total. The van der Waals surface area contributed by atoms with E-state index in [4.69, 9.17) is 17.0 Å². The molecule has 10 heteroatoms. The molecular weight excluding hydrogens is 505 g/mol. The van der Waals surface area contributed by atoms with Gasteiger partial charge in [0, 0.05) is 38.4 Å². The van der Waals surface area contributed by atoms with Gasteiger partial charge in [0.1, 0.15) is 17.6 Å². The zero-order chi connectivity index (χ0) is 27.1. The van der Waals surface area contributed by atoms with Gasteiger partial charge in [0.15, 0.2) is 5.11 Å². The molecular formula is C28H36FN5O3S. The lowest BCUT2D eigenvalue weighted by Crippen LogP contribution is -2.47. The monoisotopic (exact) mass is 541 g/mol. The van der Waals surface area contributed by atoms with Crippen LogP contribution in [0.3, 0.4) is 0 Å². The van der Waals surface area contributed by atoms with Crippen LogP contribution in [-0.4, -0.2) is 90.1 Å². The fraction of sp³-hybridized carbons (Fsp3) is 0.464. The highest BCUT2D eigenvalue weighted by Gasteiger charge is 2.44. The Morgan fingerprint density at radius 3 is 2.29 bits per heavy atom. The molecule has 2 amide bonds. The van der Waals surface area contributed by atoms with Crippen LogP contribution in [0, 0.1) is 5.82 Å². The van der Waals surface area contributed by atoms with E-state index >= 15 is 0 Å². The normalized spacial score (nSPS) is 18.8. The Labute approximate surface area is 229 Å². The Morgan fingerprint density at radius 2 is 1.66 bits per heavy atom. The molecule has 2 aromatic carbocycles. The van der Waals surface area contributed by atoms with Gasteiger partial charge < -0.3 is 24.8 Å². The molecule has 2 aromatic rings. The number of nitrogens with zero attached hydrogens (tertiary/aromatic N) is 4. The number of piperazine rings is 1. The summed E-state index contributed by atoms with van der Waals surface area (Å²) in [5.74, 6) is -0.228. The second kappa shape index (κ2) is 13.1. The Bertz CT molecular complexity index is 1110. The van der Waals surface area contributed by atoms with Gasteiger partial charge in [-0.15, -0.1) is 0 Å². The lowest BCUT2D eigenvalue weighted by atomic mass is 10.1. The van der Waals surface area contributed by atoms with Crippen LogP contribution in [0.2, 0.25) is 0 Å². The van der Waals surface area contributed by atoms with Crippen molar-refractivity contribution in [1.29, 1.82) is 0 Å². The van der Waals surface area contributed by atoms with E-state index in [1.165, 1.54) is 29.2 Å². The number of hydrogen-bond donors (Lipinski definition) is 1. The summed E-state index contributed by atoms with van der Waals surface area (Å²) in [5.41, 5.74) is 1.12. The van der Waals surface area contributed by atoms with Gasteiger partial charge in [-0.05, 0) is 87.2 Å². The summed E-state index contributed by atoms with van der Waals surface area (Å²) in [6.45, 7) is 11.4. The predicted molar refractivity (Wildman–Crippen MR) is 151 cm³/mol. The molecule has 2 fully saturated rings. The van der Waals surface area contributed by atoms with Gasteiger partial charge in [-0.3, -0.25) is 14.5 Å². The summed E-state index contributed by atoms with van der Waals surface area (Å²) in [4.78, 5) is 34.8. The van der Waals surface area contributed by atoms with Crippen LogP contribution in [0.1, 0.15) is 26.7 Å². The summed E-state index contributed by atoms with van der Waals surface area (Å²) in [6.07, 6.45) is 0.770.